The Labute approximate surface area is 220 Å². The number of urea groups is 1. The Kier molecular flexibility index (Phi) is 7.10. The summed E-state index contributed by atoms with van der Waals surface area (Å²) in [6.07, 6.45) is 1.70. The van der Waals surface area contributed by atoms with Crippen LogP contribution in [0.4, 0.5) is 38.0 Å². The lowest BCUT2D eigenvalue weighted by atomic mass is 10.1. The summed E-state index contributed by atoms with van der Waals surface area (Å²) < 4.78 is 19.3. The maximum atomic E-state index is 13.9. The third-order valence-electron chi connectivity index (χ3n) is 6.82. The zero-order valence-corrected chi connectivity index (χ0v) is 21.6. The predicted molar refractivity (Wildman–Crippen MR) is 145 cm³/mol. The lowest BCUT2D eigenvalue weighted by molar-refractivity contribution is 0.102. The summed E-state index contributed by atoms with van der Waals surface area (Å²) in [6, 6.07) is 10.2. The molecule has 0 bridgehead atoms. The molecule has 1 fully saturated rings. The van der Waals surface area contributed by atoms with Gasteiger partial charge in [0, 0.05) is 61.4 Å². The first kappa shape index (κ1) is 25.4. The summed E-state index contributed by atoms with van der Waals surface area (Å²) >= 11 is 0. The fraction of sp³-hybridized carbons (Fsp3) is 0.333. The highest BCUT2D eigenvalue weighted by molar-refractivity contribution is 6.07. The number of aromatic nitrogens is 2. The summed E-state index contributed by atoms with van der Waals surface area (Å²) in [7, 11) is 3.39. The van der Waals surface area contributed by atoms with E-state index >= 15 is 0 Å². The molecular formula is C27H30FN7O3. The van der Waals surface area contributed by atoms with Crippen molar-refractivity contribution in [3.8, 4) is 0 Å². The van der Waals surface area contributed by atoms with Crippen molar-refractivity contribution in [3.05, 3.63) is 64.8 Å². The van der Waals surface area contributed by atoms with E-state index < -0.39 is 6.67 Å². The molecule has 38 heavy (non-hydrogen) atoms. The lowest BCUT2D eigenvalue weighted by Crippen LogP contribution is -2.46. The molecule has 198 valence electrons. The lowest BCUT2D eigenvalue weighted by Gasteiger charge is -2.35. The van der Waals surface area contributed by atoms with Crippen molar-refractivity contribution >= 4 is 40.8 Å². The number of carbonyl (C=O) groups excluding carboxylic acids is 2. The third-order valence-corrected chi connectivity index (χ3v) is 6.82. The Morgan fingerprint density at radius 2 is 1.92 bits per heavy atom. The van der Waals surface area contributed by atoms with Crippen LogP contribution in [-0.4, -0.2) is 62.3 Å². The number of nitrogens with zero attached hydrogens (tertiary/aromatic N) is 5. The van der Waals surface area contributed by atoms with Crippen molar-refractivity contribution < 1.29 is 18.7 Å². The zero-order chi connectivity index (χ0) is 26.8. The van der Waals surface area contributed by atoms with Crippen molar-refractivity contribution in [1.82, 2.24) is 9.97 Å². The second-order valence-electron chi connectivity index (χ2n) is 9.25. The number of morpholine rings is 1. The van der Waals surface area contributed by atoms with E-state index in [9.17, 15) is 14.0 Å². The van der Waals surface area contributed by atoms with E-state index in [-0.39, 0.29) is 11.9 Å². The molecule has 3 amide bonds. The molecule has 3 aromatic rings. The first-order valence-corrected chi connectivity index (χ1v) is 12.4. The normalized spacial score (nSPS) is 15.4. The van der Waals surface area contributed by atoms with Crippen LogP contribution in [-0.2, 0) is 18.0 Å². The van der Waals surface area contributed by atoms with Crippen LogP contribution < -0.4 is 25.3 Å². The predicted octanol–water partition coefficient (Wildman–Crippen LogP) is 3.96. The Hall–Kier alpha value is -4.25. The molecule has 2 aliphatic heterocycles. The Morgan fingerprint density at radius 1 is 1.13 bits per heavy atom. The van der Waals surface area contributed by atoms with Gasteiger partial charge in [0.15, 0.2) is 0 Å². The van der Waals surface area contributed by atoms with Gasteiger partial charge >= 0.3 is 6.03 Å². The molecule has 0 radical (unpaired) electrons. The average Bonchev–Trinajstić information content (AvgIpc) is 2.96. The number of amides is 3. The van der Waals surface area contributed by atoms with E-state index in [0.29, 0.717) is 67.1 Å². The standard InChI is InChI=1S/C27H30FN7O3/c1-17-4-6-21(13-23(17)35-16-20-15-30-26(29-2)32-24(20)33(3)27(35)37)31-25(36)18-5-7-22(19(12-18)14-28)34-8-10-38-11-9-34/h4-7,12-13,15H,8-11,14,16H2,1-3H3,(H,31,36)(H,29,30,32). The van der Waals surface area contributed by atoms with Crippen LogP contribution in [0.25, 0.3) is 0 Å². The molecular weight excluding hydrogens is 489 g/mol. The Morgan fingerprint density at radius 3 is 2.66 bits per heavy atom. The number of ether oxygens (including phenoxy) is 1. The first-order valence-electron chi connectivity index (χ1n) is 12.4. The number of alkyl halides is 1. The van der Waals surface area contributed by atoms with E-state index in [4.69, 9.17) is 4.74 Å². The zero-order valence-electron chi connectivity index (χ0n) is 21.6. The molecule has 0 spiro atoms. The van der Waals surface area contributed by atoms with Crippen LogP contribution in [0.5, 0.6) is 0 Å². The SMILES string of the molecule is CNc1ncc2c(n1)N(C)C(=O)N(c1cc(NC(=O)c3ccc(N4CCOCC4)c(CF)c3)ccc1C)C2. The van der Waals surface area contributed by atoms with Crippen LogP contribution in [0.3, 0.4) is 0 Å². The minimum atomic E-state index is -0.673. The van der Waals surface area contributed by atoms with Gasteiger partial charge in [-0.3, -0.25) is 14.6 Å². The van der Waals surface area contributed by atoms with Gasteiger partial charge in [-0.2, -0.15) is 4.98 Å². The molecule has 1 saturated heterocycles. The number of benzene rings is 2. The smallest absolute Gasteiger partial charge is 0.330 e. The topological polar surface area (TPSA) is 103 Å². The average molecular weight is 520 g/mol. The van der Waals surface area contributed by atoms with Crippen molar-refractivity contribution in [2.75, 3.05) is 65.7 Å². The fourth-order valence-electron chi connectivity index (χ4n) is 4.75. The number of hydrogen-bond acceptors (Lipinski definition) is 7. The van der Waals surface area contributed by atoms with Gasteiger partial charge in [0.2, 0.25) is 5.95 Å². The number of anilines is 5. The molecule has 0 saturated carbocycles. The molecule has 0 atom stereocenters. The fourth-order valence-corrected chi connectivity index (χ4v) is 4.75. The number of rotatable bonds is 6. The van der Waals surface area contributed by atoms with Gasteiger partial charge in [-0.05, 0) is 42.8 Å². The summed E-state index contributed by atoms with van der Waals surface area (Å²) in [4.78, 5) is 40.3. The maximum absolute atomic E-state index is 13.9. The monoisotopic (exact) mass is 519 g/mol. The van der Waals surface area contributed by atoms with E-state index in [0.717, 1.165) is 16.8 Å². The van der Waals surface area contributed by atoms with E-state index in [1.165, 1.54) is 4.90 Å². The quantitative estimate of drug-likeness (QED) is 0.508. The minimum absolute atomic E-state index is 0.240. The van der Waals surface area contributed by atoms with E-state index in [1.54, 1.807) is 55.5 Å². The van der Waals surface area contributed by atoms with Gasteiger partial charge < -0.3 is 20.3 Å². The molecule has 3 heterocycles. The molecule has 0 aliphatic carbocycles. The van der Waals surface area contributed by atoms with Gasteiger partial charge in [-0.15, -0.1) is 0 Å². The van der Waals surface area contributed by atoms with Crippen molar-refractivity contribution in [3.63, 3.8) is 0 Å². The second kappa shape index (κ2) is 10.6. The van der Waals surface area contributed by atoms with Gasteiger partial charge in [-0.25, -0.2) is 14.2 Å². The molecule has 2 aromatic carbocycles. The molecule has 11 heteroatoms. The highest BCUT2D eigenvalue weighted by Gasteiger charge is 2.31. The molecule has 5 rings (SSSR count). The third kappa shape index (κ3) is 4.84. The molecule has 2 N–H and O–H groups in total. The van der Waals surface area contributed by atoms with Crippen LogP contribution >= 0.6 is 0 Å². The van der Waals surface area contributed by atoms with Crippen molar-refractivity contribution in [2.24, 2.45) is 0 Å². The van der Waals surface area contributed by atoms with Crippen LogP contribution in [0.2, 0.25) is 0 Å². The summed E-state index contributed by atoms with van der Waals surface area (Å²) in [5.41, 5.74) is 4.47. The highest BCUT2D eigenvalue weighted by Crippen LogP contribution is 2.33. The van der Waals surface area contributed by atoms with Gasteiger partial charge in [0.25, 0.3) is 5.91 Å². The highest BCUT2D eigenvalue weighted by atomic mass is 19.1. The Balaban J connectivity index is 1.37. The largest absolute Gasteiger partial charge is 0.378 e. The van der Waals surface area contributed by atoms with Crippen LogP contribution in [0.15, 0.2) is 42.6 Å². The van der Waals surface area contributed by atoms with E-state index in [1.807, 2.05) is 13.0 Å². The number of hydrogen-bond donors (Lipinski definition) is 2. The number of fused-ring (bicyclic) bond motifs is 1. The van der Waals surface area contributed by atoms with Gasteiger partial charge in [0.05, 0.1) is 25.4 Å². The second-order valence-corrected chi connectivity index (χ2v) is 9.25. The van der Waals surface area contributed by atoms with Crippen LogP contribution in [0, 0.1) is 6.92 Å². The Bertz CT molecular complexity index is 1380. The molecule has 0 unspecified atom stereocenters. The molecule has 2 aliphatic rings. The number of aryl methyl sites for hydroxylation is 1. The number of halogens is 1. The summed E-state index contributed by atoms with van der Waals surface area (Å²) in [6.45, 7) is 4.08. The van der Waals surface area contributed by atoms with Gasteiger partial charge in [0.1, 0.15) is 12.5 Å². The van der Waals surface area contributed by atoms with Gasteiger partial charge in [-0.1, -0.05) is 6.07 Å². The van der Waals surface area contributed by atoms with Crippen molar-refractivity contribution in [1.29, 1.82) is 0 Å². The molecule has 1 aromatic heterocycles. The molecule has 10 nitrogen and oxygen atoms in total. The van der Waals surface area contributed by atoms with Crippen LogP contribution in [0.1, 0.15) is 27.0 Å². The number of carbonyl (C=O) groups is 2. The maximum Gasteiger partial charge on any atom is 0.330 e. The van der Waals surface area contributed by atoms with Crippen molar-refractivity contribution in [2.45, 2.75) is 20.1 Å². The van der Waals surface area contributed by atoms with E-state index in [2.05, 4.69) is 25.5 Å². The summed E-state index contributed by atoms with van der Waals surface area (Å²) in [5.74, 6) is 0.631. The number of nitrogens with one attached hydrogen (secondary N) is 2. The summed E-state index contributed by atoms with van der Waals surface area (Å²) in [5, 5.41) is 5.78. The first-order chi connectivity index (χ1) is 18.4. The minimum Gasteiger partial charge on any atom is -0.378 e.